The van der Waals surface area contributed by atoms with E-state index in [1.807, 2.05) is 0 Å². The molecule has 0 bridgehead atoms. The second kappa shape index (κ2) is 2.00. The standard InChI is InChI=1S/C9H16/c1-2-7-6-8-4-3-5-9(7)8/h7-9H,2-6H2,1H3/t7?,8-,9?/m0/s1. The molecule has 0 saturated heterocycles. The van der Waals surface area contributed by atoms with E-state index in [-0.39, 0.29) is 0 Å². The van der Waals surface area contributed by atoms with Crippen LogP contribution in [0.15, 0.2) is 0 Å². The summed E-state index contributed by atoms with van der Waals surface area (Å²) < 4.78 is 0. The van der Waals surface area contributed by atoms with Gasteiger partial charge in [-0.2, -0.15) is 0 Å². The highest BCUT2D eigenvalue weighted by molar-refractivity contribution is 4.92. The van der Waals surface area contributed by atoms with Gasteiger partial charge in [0.25, 0.3) is 0 Å². The number of hydrogen-bond acceptors (Lipinski definition) is 0. The molecule has 3 atom stereocenters. The van der Waals surface area contributed by atoms with Gasteiger partial charge < -0.3 is 0 Å². The molecule has 0 aromatic heterocycles. The van der Waals surface area contributed by atoms with Crippen LogP contribution in [-0.4, -0.2) is 0 Å². The molecule has 2 aliphatic carbocycles. The van der Waals surface area contributed by atoms with E-state index in [0.717, 1.165) is 5.92 Å². The first-order valence-electron chi connectivity index (χ1n) is 4.42. The van der Waals surface area contributed by atoms with Crippen molar-refractivity contribution in [2.45, 2.75) is 39.0 Å². The molecule has 0 N–H and O–H groups in total. The third-order valence-electron chi connectivity index (χ3n) is 3.45. The summed E-state index contributed by atoms with van der Waals surface area (Å²) in [6, 6.07) is 0. The lowest BCUT2D eigenvalue weighted by molar-refractivity contribution is 0.0997. The van der Waals surface area contributed by atoms with Gasteiger partial charge in [-0.1, -0.05) is 26.2 Å². The summed E-state index contributed by atoms with van der Waals surface area (Å²) >= 11 is 0. The van der Waals surface area contributed by atoms with Crippen LogP contribution in [0.25, 0.3) is 0 Å². The van der Waals surface area contributed by atoms with Gasteiger partial charge in [0.1, 0.15) is 0 Å². The molecule has 0 spiro atoms. The molecule has 52 valence electrons. The lowest BCUT2D eigenvalue weighted by Gasteiger charge is -2.40. The molecule has 0 heterocycles. The number of fused-ring (bicyclic) bond motifs is 1. The zero-order valence-electron chi connectivity index (χ0n) is 6.27. The van der Waals surface area contributed by atoms with E-state index < -0.39 is 0 Å². The first-order chi connectivity index (χ1) is 4.42. The predicted octanol–water partition coefficient (Wildman–Crippen LogP) is 2.83. The molecule has 0 aromatic rings. The molecule has 0 heteroatoms. The molecule has 0 amide bonds. The molecule has 9 heavy (non-hydrogen) atoms. The Balaban J connectivity index is 1.93. The van der Waals surface area contributed by atoms with Crippen molar-refractivity contribution >= 4 is 0 Å². The fourth-order valence-corrected chi connectivity index (χ4v) is 2.82. The van der Waals surface area contributed by atoms with Gasteiger partial charge in [0.05, 0.1) is 0 Å². The summed E-state index contributed by atoms with van der Waals surface area (Å²) in [6.45, 7) is 2.35. The van der Waals surface area contributed by atoms with E-state index in [1.165, 1.54) is 24.7 Å². The fourth-order valence-electron chi connectivity index (χ4n) is 2.82. The van der Waals surface area contributed by atoms with E-state index in [1.54, 1.807) is 19.3 Å². The van der Waals surface area contributed by atoms with Crippen LogP contribution in [0, 0.1) is 17.8 Å². The van der Waals surface area contributed by atoms with Crippen molar-refractivity contribution in [2.75, 3.05) is 0 Å². The molecule has 0 aromatic carbocycles. The Bertz CT molecular complexity index is 107. The average molecular weight is 124 g/mol. The van der Waals surface area contributed by atoms with Crippen LogP contribution < -0.4 is 0 Å². The second-order valence-electron chi connectivity index (χ2n) is 3.76. The Morgan fingerprint density at radius 3 is 2.89 bits per heavy atom. The van der Waals surface area contributed by atoms with Crippen molar-refractivity contribution in [3.05, 3.63) is 0 Å². The number of hydrogen-bond donors (Lipinski definition) is 0. The molecular weight excluding hydrogens is 108 g/mol. The summed E-state index contributed by atoms with van der Waals surface area (Å²) in [6.07, 6.45) is 7.67. The van der Waals surface area contributed by atoms with Crippen molar-refractivity contribution in [1.82, 2.24) is 0 Å². The van der Waals surface area contributed by atoms with Gasteiger partial charge in [-0.05, 0) is 30.6 Å². The van der Waals surface area contributed by atoms with Crippen LogP contribution in [-0.2, 0) is 0 Å². The minimum Gasteiger partial charge on any atom is -0.0651 e. The Morgan fingerprint density at radius 1 is 1.33 bits per heavy atom. The van der Waals surface area contributed by atoms with Crippen LogP contribution in [0.5, 0.6) is 0 Å². The highest BCUT2D eigenvalue weighted by Gasteiger charge is 2.41. The Kier molecular flexibility index (Phi) is 1.28. The summed E-state index contributed by atoms with van der Waals surface area (Å²) in [4.78, 5) is 0. The van der Waals surface area contributed by atoms with Crippen molar-refractivity contribution in [3.63, 3.8) is 0 Å². The van der Waals surface area contributed by atoms with Crippen LogP contribution in [0.4, 0.5) is 0 Å². The predicted molar refractivity (Wildman–Crippen MR) is 39.2 cm³/mol. The quantitative estimate of drug-likeness (QED) is 0.504. The summed E-state index contributed by atoms with van der Waals surface area (Å²) in [5.41, 5.74) is 0. The minimum absolute atomic E-state index is 1.14. The van der Waals surface area contributed by atoms with Crippen molar-refractivity contribution in [3.8, 4) is 0 Å². The normalized spacial score (nSPS) is 48.3. The van der Waals surface area contributed by atoms with Crippen molar-refractivity contribution < 1.29 is 0 Å². The van der Waals surface area contributed by atoms with Crippen LogP contribution in [0.3, 0.4) is 0 Å². The Morgan fingerprint density at radius 2 is 2.22 bits per heavy atom. The molecule has 2 aliphatic rings. The van der Waals surface area contributed by atoms with E-state index in [9.17, 15) is 0 Å². The molecular formula is C9H16. The van der Waals surface area contributed by atoms with Gasteiger partial charge in [0.2, 0.25) is 0 Å². The van der Waals surface area contributed by atoms with Gasteiger partial charge in [-0.25, -0.2) is 0 Å². The highest BCUT2D eigenvalue weighted by atomic mass is 14.5. The van der Waals surface area contributed by atoms with Crippen molar-refractivity contribution in [1.29, 1.82) is 0 Å². The summed E-state index contributed by atoms with van der Waals surface area (Å²) in [7, 11) is 0. The van der Waals surface area contributed by atoms with Crippen LogP contribution in [0.1, 0.15) is 39.0 Å². The zero-order valence-corrected chi connectivity index (χ0v) is 6.27. The smallest absolute Gasteiger partial charge is 0.0357 e. The Hall–Kier alpha value is 0. The minimum atomic E-state index is 1.14. The largest absolute Gasteiger partial charge is 0.0651 e. The van der Waals surface area contributed by atoms with Gasteiger partial charge in [-0.3, -0.25) is 0 Å². The maximum absolute atomic E-state index is 2.35. The van der Waals surface area contributed by atoms with Gasteiger partial charge >= 0.3 is 0 Å². The summed E-state index contributed by atoms with van der Waals surface area (Å²) in [5, 5.41) is 0. The summed E-state index contributed by atoms with van der Waals surface area (Å²) in [5.74, 6) is 3.49. The van der Waals surface area contributed by atoms with E-state index in [0.29, 0.717) is 0 Å². The van der Waals surface area contributed by atoms with Crippen LogP contribution >= 0.6 is 0 Å². The highest BCUT2D eigenvalue weighted by Crippen LogP contribution is 2.52. The van der Waals surface area contributed by atoms with E-state index >= 15 is 0 Å². The molecule has 0 aliphatic heterocycles. The number of rotatable bonds is 1. The maximum Gasteiger partial charge on any atom is -0.0357 e. The van der Waals surface area contributed by atoms with Gasteiger partial charge in [0.15, 0.2) is 0 Å². The molecule has 2 unspecified atom stereocenters. The molecule has 2 fully saturated rings. The molecule has 2 rings (SSSR count). The van der Waals surface area contributed by atoms with Crippen molar-refractivity contribution in [2.24, 2.45) is 17.8 Å². The van der Waals surface area contributed by atoms with Gasteiger partial charge in [-0.15, -0.1) is 0 Å². The Labute approximate surface area is 57.6 Å². The van der Waals surface area contributed by atoms with E-state index in [2.05, 4.69) is 6.92 Å². The monoisotopic (exact) mass is 124 g/mol. The van der Waals surface area contributed by atoms with E-state index in [4.69, 9.17) is 0 Å². The first kappa shape index (κ1) is 5.76. The topological polar surface area (TPSA) is 0 Å². The molecule has 2 saturated carbocycles. The average Bonchev–Trinajstić information content (AvgIpc) is 2.14. The lowest BCUT2D eigenvalue weighted by atomic mass is 9.66. The zero-order chi connectivity index (χ0) is 6.27. The molecule has 0 nitrogen and oxygen atoms in total. The maximum atomic E-state index is 2.35. The third kappa shape index (κ3) is 0.720. The third-order valence-corrected chi connectivity index (χ3v) is 3.45. The first-order valence-corrected chi connectivity index (χ1v) is 4.42. The molecule has 0 radical (unpaired) electrons. The second-order valence-corrected chi connectivity index (χ2v) is 3.76. The lowest BCUT2D eigenvalue weighted by Crippen LogP contribution is -2.31. The SMILES string of the molecule is CCC1C[C@@H]2CCCC12. The van der Waals surface area contributed by atoms with Crippen LogP contribution in [0.2, 0.25) is 0 Å². The fraction of sp³-hybridized carbons (Fsp3) is 1.00. The van der Waals surface area contributed by atoms with Gasteiger partial charge in [0, 0.05) is 0 Å².